The molecule has 26 heavy (non-hydrogen) atoms. The van der Waals surface area contributed by atoms with Gasteiger partial charge < -0.3 is 14.2 Å². The van der Waals surface area contributed by atoms with Crippen molar-refractivity contribution in [2.45, 2.75) is 76.9 Å². The van der Waals surface area contributed by atoms with E-state index in [1.807, 2.05) is 0 Å². The number of carbonyl (C=O) groups excluding carboxylic acids is 4. The normalized spacial score (nSPS) is 35.4. The first kappa shape index (κ1) is 18.8. The van der Waals surface area contributed by atoms with Crippen LogP contribution >= 0.6 is 0 Å². The fourth-order valence-corrected chi connectivity index (χ4v) is 4.31. The summed E-state index contributed by atoms with van der Waals surface area (Å²) < 4.78 is 16.4. The van der Waals surface area contributed by atoms with E-state index in [0.717, 1.165) is 0 Å². The van der Waals surface area contributed by atoms with Gasteiger partial charge in [0, 0.05) is 6.42 Å². The van der Waals surface area contributed by atoms with Gasteiger partial charge in [0.15, 0.2) is 5.72 Å². The molecule has 0 radical (unpaired) electrons. The third-order valence-electron chi connectivity index (χ3n) is 5.22. The van der Waals surface area contributed by atoms with Crippen LogP contribution in [0.1, 0.15) is 53.9 Å². The molecule has 2 bridgehead atoms. The minimum atomic E-state index is -1.84. The summed E-state index contributed by atoms with van der Waals surface area (Å²) in [5.74, 6) is -2.82. The molecule has 8 nitrogen and oxygen atoms in total. The Labute approximate surface area is 152 Å². The lowest BCUT2D eigenvalue weighted by atomic mass is 9.80. The second kappa shape index (κ2) is 5.77. The lowest BCUT2D eigenvalue weighted by Crippen LogP contribution is -2.59. The number of hydrogen-bond acceptors (Lipinski definition) is 7. The maximum Gasteiger partial charge on any atom is 0.348 e. The van der Waals surface area contributed by atoms with Gasteiger partial charge in [-0.15, -0.1) is 0 Å². The van der Waals surface area contributed by atoms with Gasteiger partial charge in [0.2, 0.25) is 5.60 Å². The van der Waals surface area contributed by atoms with Crippen molar-refractivity contribution < 1.29 is 33.4 Å². The molecule has 1 spiro atoms. The van der Waals surface area contributed by atoms with Crippen molar-refractivity contribution in [2.75, 3.05) is 6.61 Å². The van der Waals surface area contributed by atoms with Gasteiger partial charge in [-0.3, -0.25) is 14.5 Å². The summed E-state index contributed by atoms with van der Waals surface area (Å²) in [4.78, 5) is 51.7. The first-order chi connectivity index (χ1) is 12.0. The number of piperidine rings is 1. The van der Waals surface area contributed by atoms with E-state index in [1.54, 1.807) is 27.7 Å². The first-order valence-electron chi connectivity index (χ1n) is 8.93. The van der Waals surface area contributed by atoms with Crippen molar-refractivity contribution in [2.24, 2.45) is 5.92 Å². The molecule has 0 saturated carbocycles. The summed E-state index contributed by atoms with van der Waals surface area (Å²) >= 11 is 0. The predicted molar refractivity (Wildman–Crippen MR) is 87.7 cm³/mol. The molecule has 0 unspecified atom stereocenters. The largest absolute Gasteiger partial charge is 0.463 e. The van der Waals surface area contributed by atoms with Crippen LogP contribution in [0.25, 0.3) is 0 Å². The standard InChI is InChI=1S/C18H25NO7/c1-6-24-15(23)17-9-11(10(2)20)18(26-17)8-7-12(19(18)14(17)22)13(21)25-16(3,4)5/h11-12H,6-9H2,1-5H3/t11-,12+,17-,18+/m0/s1. The minimum Gasteiger partial charge on any atom is -0.463 e. The fourth-order valence-electron chi connectivity index (χ4n) is 4.31. The van der Waals surface area contributed by atoms with Crippen molar-refractivity contribution in [3.8, 4) is 0 Å². The third kappa shape index (κ3) is 2.46. The topological polar surface area (TPSA) is 99.2 Å². The van der Waals surface area contributed by atoms with Crippen molar-refractivity contribution >= 4 is 23.6 Å². The highest BCUT2D eigenvalue weighted by Gasteiger charge is 2.78. The van der Waals surface area contributed by atoms with E-state index in [4.69, 9.17) is 14.2 Å². The van der Waals surface area contributed by atoms with Gasteiger partial charge in [-0.05, 0) is 47.5 Å². The summed E-state index contributed by atoms with van der Waals surface area (Å²) in [7, 11) is 0. The van der Waals surface area contributed by atoms with Crippen molar-refractivity contribution in [1.29, 1.82) is 0 Å². The maximum atomic E-state index is 13.1. The Morgan fingerprint density at radius 1 is 1.31 bits per heavy atom. The van der Waals surface area contributed by atoms with E-state index >= 15 is 0 Å². The Bertz CT molecular complexity index is 682. The van der Waals surface area contributed by atoms with Crippen LogP contribution in [-0.2, 0) is 33.4 Å². The first-order valence-corrected chi connectivity index (χ1v) is 8.93. The lowest BCUT2D eigenvalue weighted by Gasteiger charge is -2.38. The minimum absolute atomic E-state index is 0.0441. The molecule has 4 atom stereocenters. The monoisotopic (exact) mass is 367 g/mol. The molecule has 3 rings (SSSR count). The van der Waals surface area contributed by atoms with Gasteiger partial charge in [-0.25, -0.2) is 9.59 Å². The Morgan fingerprint density at radius 3 is 2.50 bits per heavy atom. The number of amides is 1. The van der Waals surface area contributed by atoms with Crippen LogP contribution in [0.2, 0.25) is 0 Å². The van der Waals surface area contributed by atoms with Gasteiger partial charge in [0.05, 0.1) is 12.5 Å². The van der Waals surface area contributed by atoms with Crippen LogP contribution in [-0.4, -0.2) is 58.1 Å². The molecule has 3 saturated heterocycles. The van der Waals surface area contributed by atoms with Gasteiger partial charge in [-0.2, -0.15) is 0 Å². The molecule has 3 aliphatic heterocycles. The molecule has 0 aromatic rings. The molecular weight excluding hydrogens is 342 g/mol. The van der Waals surface area contributed by atoms with Crippen molar-refractivity contribution in [1.82, 2.24) is 4.90 Å². The number of nitrogens with zero attached hydrogens (tertiary/aromatic N) is 1. The predicted octanol–water partition coefficient (Wildman–Crippen LogP) is 0.956. The van der Waals surface area contributed by atoms with Crippen molar-refractivity contribution in [3.63, 3.8) is 0 Å². The highest BCUT2D eigenvalue weighted by atomic mass is 16.6. The van der Waals surface area contributed by atoms with Crippen molar-refractivity contribution in [3.05, 3.63) is 0 Å². The van der Waals surface area contributed by atoms with E-state index in [2.05, 4.69) is 0 Å². The summed E-state index contributed by atoms with van der Waals surface area (Å²) in [6.07, 6.45) is 0.578. The van der Waals surface area contributed by atoms with Gasteiger partial charge in [0.1, 0.15) is 17.4 Å². The molecule has 0 aliphatic carbocycles. The molecule has 0 aromatic carbocycles. The number of ketones is 1. The second-order valence-electron chi connectivity index (χ2n) is 8.12. The molecule has 3 heterocycles. The van der Waals surface area contributed by atoms with Gasteiger partial charge in [0.25, 0.3) is 5.91 Å². The Balaban J connectivity index is 1.99. The summed E-state index contributed by atoms with van der Waals surface area (Å²) in [6.45, 7) is 8.34. The van der Waals surface area contributed by atoms with Crippen LogP contribution in [0.3, 0.4) is 0 Å². The number of carbonyl (C=O) groups is 4. The van der Waals surface area contributed by atoms with Crippen LogP contribution in [0, 0.1) is 5.92 Å². The van der Waals surface area contributed by atoms with Crippen LogP contribution in [0.4, 0.5) is 0 Å². The molecule has 8 heteroatoms. The average Bonchev–Trinajstić information content (AvgIpc) is 3.12. The summed E-state index contributed by atoms with van der Waals surface area (Å²) in [5.41, 5.74) is -3.82. The Morgan fingerprint density at radius 2 is 1.96 bits per heavy atom. The van der Waals surface area contributed by atoms with E-state index in [9.17, 15) is 19.2 Å². The number of ether oxygens (including phenoxy) is 3. The van der Waals surface area contributed by atoms with E-state index in [1.165, 1.54) is 11.8 Å². The van der Waals surface area contributed by atoms with Crippen LogP contribution in [0.15, 0.2) is 0 Å². The van der Waals surface area contributed by atoms with Crippen LogP contribution in [0.5, 0.6) is 0 Å². The highest BCUT2D eigenvalue weighted by Crippen LogP contribution is 2.59. The molecule has 144 valence electrons. The molecule has 3 aliphatic rings. The number of Topliss-reactive ketones (excluding diaryl/α,β-unsaturated/α-hetero) is 1. The smallest absolute Gasteiger partial charge is 0.348 e. The number of rotatable bonds is 4. The van der Waals surface area contributed by atoms with Gasteiger partial charge >= 0.3 is 11.9 Å². The quantitative estimate of drug-likeness (QED) is 0.539. The van der Waals surface area contributed by atoms with E-state index in [-0.39, 0.29) is 18.8 Å². The zero-order valence-electron chi connectivity index (χ0n) is 15.8. The number of esters is 2. The molecule has 0 N–H and O–H groups in total. The molecule has 3 fully saturated rings. The zero-order valence-corrected chi connectivity index (χ0v) is 15.8. The zero-order chi connectivity index (χ0) is 19.5. The molecular formula is C18H25NO7. The maximum absolute atomic E-state index is 13.1. The van der Waals surface area contributed by atoms with E-state index in [0.29, 0.717) is 12.8 Å². The summed E-state index contributed by atoms with van der Waals surface area (Å²) in [5, 5.41) is 0. The van der Waals surface area contributed by atoms with Crippen LogP contribution < -0.4 is 0 Å². The fraction of sp³-hybridized carbons (Fsp3) is 0.778. The molecule has 1 amide bonds. The SMILES string of the molecule is CCOC(=O)[C@]12C[C@@H](C(C)=O)[C@@]3(CC[C@H](C(=O)OC(C)(C)C)N3C1=O)O2. The lowest BCUT2D eigenvalue weighted by molar-refractivity contribution is -0.172. The highest BCUT2D eigenvalue weighted by molar-refractivity contribution is 6.11. The van der Waals surface area contributed by atoms with Gasteiger partial charge in [-0.1, -0.05) is 0 Å². The number of fused-ring (bicyclic) bond motifs is 1. The van der Waals surface area contributed by atoms with E-state index < -0.39 is 46.7 Å². The average molecular weight is 367 g/mol. The number of hydrogen-bond donors (Lipinski definition) is 0. The second-order valence-corrected chi connectivity index (χ2v) is 8.12. The molecule has 0 aromatic heterocycles. The Hall–Kier alpha value is -1.96. The Kier molecular flexibility index (Phi) is 4.18. The summed E-state index contributed by atoms with van der Waals surface area (Å²) in [6, 6.07) is -0.875. The third-order valence-corrected chi connectivity index (χ3v) is 5.22.